The van der Waals surface area contributed by atoms with E-state index in [1.807, 2.05) is 0 Å². The van der Waals surface area contributed by atoms with Crippen molar-refractivity contribution < 1.29 is 19.2 Å². The van der Waals surface area contributed by atoms with E-state index in [1.165, 1.54) is 4.90 Å². The van der Waals surface area contributed by atoms with Crippen molar-refractivity contribution in [2.75, 3.05) is 23.3 Å². The number of para-hydroxylation sites is 2. The zero-order valence-corrected chi connectivity index (χ0v) is 16.2. The predicted molar refractivity (Wildman–Crippen MR) is 106 cm³/mol. The molecule has 0 aliphatic carbocycles. The lowest BCUT2D eigenvalue weighted by molar-refractivity contribution is -0.134. The molecule has 0 radical (unpaired) electrons. The molecule has 2 heterocycles. The van der Waals surface area contributed by atoms with Crippen LogP contribution in [0.15, 0.2) is 48.5 Å². The van der Waals surface area contributed by atoms with Gasteiger partial charge in [-0.05, 0) is 36.8 Å². The maximum Gasteiger partial charge on any atom is 0.325 e. The van der Waals surface area contributed by atoms with E-state index < -0.39 is 29.9 Å². The predicted octanol–water partition coefficient (Wildman–Crippen LogP) is 2.09. The molecule has 2 aromatic rings. The number of benzene rings is 2. The number of rotatable bonds is 3. The Hall–Kier alpha value is -3.39. The van der Waals surface area contributed by atoms with E-state index >= 15 is 0 Å². The lowest BCUT2D eigenvalue weighted by atomic mass is 9.92. The van der Waals surface area contributed by atoms with Crippen molar-refractivity contribution in [3.8, 4) is 0 Å². The monoisotopic (exact) mass is 412 g/mol. The fraction of sp³-hybridized carbons (Fsp3) is 0.200. The molecule has 0 spiro atoms. The molecule has 2 aromatic carbocycles. The molecule has 1 fully saturated rings. The highest BCUT2D eigenvalue weighted by Crippen LogP contribution is 2.32. The highest BCUT2D eigenvalue weighted by Gasteiger charge is 2.50. The van der Waals surface area contributed by atoms with Crippen LogP contribution in [-0.2, 0) is 19.9 Å². The molecule has 1 atom stereocenters. The van der Waals surface area contributed by atoms with Gasteiger partial charge in [0.1, 0.15) is 18.6 Å². The van der Waals surface area contributed by atoms with Gasteiger partial charge in [-0.1, -0.05) is 35.9 Å². The third-order valence-electron chi connectivity index (χ3n) is 5.04. The van der Waals surface area contributed by atoms with Crippen LogP contribution in [0, 0.1) is 0 Å². The van der Waals surface area contributed by atoms with E-state index in [9.17, 15) is 19.2 Å². The molecular weight excluding hydrogens is 396 g/mol. The van der Waals surface area contributed by atoms with E-state index in [0.717, 1.165) is 4.90 Å². The van der Waals surface area contributed by atoms with Gasteiger partial charge in [-0.15, -0.1) is 0 Å². The summed E-state index contributed by atoms with van der Waals surface area (Å²) < 4.78 is 0. The van der Waals surface area contributed by atoms with Gasteiger partial charge in [0, 0.05) is 5.02 Å². The number of fused-ring (bicyclic) bond motifs is 1. The molecule has 5 amide bonds. The summed E-state index contributed by atoms with van der Waals surface area (Å²) in [5, 5.41) is 5.76. The molecule has 1 unspecified atom stereocenters. The van der Waals surface area contributed by atoms with Crippen molar-refractivity contribution in [2.45, 2.75) is 12.5 Å². The normalized spacial score (nSPS) is 21.0. The Balaban J connectivity index is 1.59. The largest absolute Gasteiger partial charge is 0.325 e. The number of carbonyl (C=O) groups is 4. The number of carbonyl (C=O) groups excluding carboxylic acids is 4. The maximum atomic E-state index is 13.0. The number of hydrogen-bond donors (Lipinski definition) is 2. The number of amides is 5. The first kappa shape index (κ1) is 18.9. The summed E-state index contributed by atoms with van der Waals surface area (Å²) in [6.07, 6.45) is 0. The minimum atomic E-state index is -1.33. The van der Waals surface area contributed by atoms with Crippen LogP contribution in [0.5, 0.6) is 0 Å². The topological polar surface area (TPSA) is 98.8 Å². The van der Waals surface area contributed by atoms with Crippen LogP contribution in [0.3, 0.4) is 0 Å². The summed E-state index contributed by atoms with van der Waals surface area (Å²) in [4.78, 5) is 52.5. The summed E-state index contributed by atoms with van der Waals surface area (Å²) in [6, 6.07) is 12.8. The number of urea groups is 1. The highest BCUT2D eigenvalue weighted by molar-refractivity contribution is 6.30. The molecule has 9 heteroatoms. The number of imide groups is 1. The van der Waals surface area contributed by atoms with E-state index in [-0.39, 0.29) is 12.5 Å². The molecular formula is C20H17ClN4O4. The second-order valence-corrected chi connectivity index (χ2v) is 7.44. The van der Waals surface area contributed by atoms with Crippen LogP contribution < -0.4 is 15.5 Å². The third-order valence-corrected chi connectivity index (χ3v) is 5.28. The van der Waals surface area contributed by atoms with Gasteiger partial charge in [-0.2, -0.15) is 0 Å². The number of halogens is 1. The Bertz CT molecular complexity index is 1060. The van der Waals surface area contributed by atoms with Crippen molar-refractivity contribution in [3.05, 3.63) is 59.1 Å². The highest BCUT2D eigenvalue weighted by atomic mass is 35.5. The SMILES string of the molecule is CC1(c2cccc(Cl)c2)NC(=O)N(CC(=O)N2CC(=O)Nc3ccccc32)C1=O. The van der Waals surface area contributed by atoms with Gasteiger partial charge in [0.2, 0.25) is 11.8 Å². The maximum absolute atomic E-state index is 13.0. The van der Waals surface area contributed by atoms with Crippen LogP contribution in [0.2, 0.25) is 5.02 Å². The van der Waals surface area contributed by atoms with Crippen molar-refractivity contribution in [1.29, 1.82) is 0 Å². The second kappa shape index (κ2) is 6.89. The summed E-state index contributed by atoms with van der Waals surface area (Å²) in [7, 11) is 0. The first-order valence-electron chi connectivity index (χ1n) is 8.89. The lowest BCUT2D eigenvalue weighted by Crippen LogP contribution is -2.48. The number of nitrogens with zero attached hydrogens (tertiary/aromatic N) is 2. The molecule has 148 valence electrons. The first-order valence-corrected chi connectivity index (χ1v) is 9.27. The number of hydrogen-bond acceptors (Lipinski definition) is 4. The molecule has 29 heavy (non-hydrogen) atoms. The Morgan fingerprint density at radius 1 is 1.14 bits per heavy atom. The average molecular weight is 413 g/mol. The molecule has 2 aliphatic rings. The van der Waals surface area contributed by atoms with Gasteiger partial charge in [-0.25, -0.2) is 4.79 Å². The number of nitrogens with one attached hydrogen (secondary N) is 2. The van der Waals surface area contributed by atoms with Gasteiger partial charge < -0.3 is 10.6 Å². The Kier molecular flexibility index (Phi) is 4.50. The molecule has 4 rings (SSSR count). The zero-order chi connectivity index (χ0) is 20.8. The van der Waals surface area contributed by atoms with E-state index in [2.05, 4.69) is 10.6 Å². The Morgan fingerprint density at radius 3 is 2.66 bits per heavy atom. The molecule has 8 nitrogen and oxygen atoms in total. The quantitative estimate of drug-likeness (QED) is 0.754. The van der Waals surface area contributed by atoms with Crippen LogP contribution >= 0.6 is 11.6 Å². The summed E-state index contributed by atoms with van der Waals surface area (Å²) in [5.74, 6) is -1.45. The molecule has 0 bridgehead atoms. The molecule has 2 aliphatic heterocycles. The minimum absolute atomic E-state index is 0.189. The van der Waals surface area contributed by atoms with E-state index in [4.69, 9.17) is 11.6 Å². The van der Waals surface area contributed by atoms with Gasteiger partial charge in [-0.3, -0.25) is 24.2 Å². The minimum Gasteiger partial charge on any atom is -0.323 e. The second-order valence-electron chi connectivity index (χ2n) is 7.00. The smallest absolute Gasteiger partial charge is 0.323 e. The Labute approximate surface area is 171 Å². The van der Waals surface area contributed by atoms with Crippen LogP contribution in [0.1, 0.15) is 12.5 Å². The molecule has 0 saturated carbocycles. The lowest BCUT2D eigenvalue weighted by Gasteiger charge is -2.30. The van der Waals surface area contributed by atoms with Gasteiger partial charge in [0.25, 0.3) is 5.91 Å². The van der Waals surface area contributed by atoms with Gasteiger partial charge >= 0.3 is 6.03 Å². The van der Waals surface area contributed by atoms with Crippen LogP contribution in [0.25, 0.3) is 0 Å². The average Bonchev–Trinajstić information content (AvgIpc) is 2.91. The first-order chi connectivity index (χ1) is 13.8. The van der Waals surface area contributed by atoms with Crippen LogP contribution in [0.4, 0.5) is 16.2 Å². The van der Waals surface area contributed by atoms with Crippen LogP contribution in [-0.4, -0.2) is 41.7 Å². The third kappa shape index (κ3) is 3.21. The van der Waals surface area contributed by atoms with Crippen molar-refractivity contribution >= 4 is 46.7 Å². The van der Waals surface area contributed by atoms with Crippen molar-refractivity contribution in [3.63, 3.8) is 0 Å². The molecule has 0 aromatic heterocycles. The summed E-state index contributed by atoms with van der Waals surface area (Å²) >= 11 is 6.02. The zero-order valence-electron chi connectivity index (χ0n) is 15.4. The fourth-order valence-electron chi connectivity index (χ4n) is 3.51. The number of anilines is 2. The summed E-state index contributed by atoms with van der Waals surface area (Å²) in [5.41, 5.74) is 0.195. The van der Waals surface area contributed by atoms with E-state index in [0.29, 0.717) is 22.0 Å². The standard InChI is InChI=1S/C20H17ClN4O4/c1-20(12-5-4-6-13(21)9-12)18(28)25(19(29)23-20)11-17(27)24-10-16(26)22-14-7-2-3-8-15(14)24/h2-9H,10-11H2,1H3,(H,22,26)(H,23,29). The van der Waals surface area contributed by atoms with Gasteiger partial charge in [0.05, 0.1) is 11.4 Å². The fourth-order valence-corrected chi connectivity index (χ4v) is 3.70. The molecule has 2 N–H and O–H groups in total. The van der Waals surface area contributed by atoms with Crippen molar-refractivity contribution in [1.82, 2.24) is 10.2 Å². The molecule has 1 saturated heterocycles. The Morgan fingerprint density at radius 2 is 1.90 bits per heavy atom. The van der Waals surface area contributed by atoms with E-state index in [1.54, 1.807) is 55.5 Å². The summed E-state index contributed by atoms with van der Waals surface area (Å²) in [6.45, 7) is 0.889. The van der Waals surface area contributed by atoms with Crippen molar-refractivity contribution in [2.24, 2.45) is 0 Å². The van der Waals surface area contributed by atoms with Gasteiger partial charge in [0.15, 0.2) is 0 Å².